The standard InChI is InChI=1S/C24H29ClN2O2/c1-15-12-20-19(11-10-18(27-20)13-26-5)23(16-6-8-17(25)9-7-16)22(15)21(14-28)29-24(2,3)4/h6-12,21,26,28H,13-14H2,1-5H3. The molecule has 4 nitrogen and oxygen atoms in total. The van der Waals surface area contributed by atoms with Crippen LogP contribution in [0.15, 0.2) is 42.5 Å². The molecule has 0 aliphatic rings. The Bertz CT molecular complexity index is 994. The molecule has 1 atom stereocenters. The number of aryl methyl sites for hydroxylation is 1. The van der Waals surface area contributed by atoms with Gasteiger partial charge < -0.3 is 15.2 Å². The van der Waals surface area contributed by atoms with Gasteiger partial charge in [-0.1, -0.05) is 29.8 Å². The molecule has 0 aliphatic heterocycles. The summed E-state index contributed by atoms with van der Waals surface area (Å²) in [5, 5.41) is 15.1. The average Bonchev–Trinajstić information content (AvgIpc) is 2.65. The Balaban J connectivity index is 2.31. The zero-order chi connectivity index (χ0) is 21.2. The first-order valence-electron chi connectivity index (χ1n) is 9.86. The highest BCUT2D eigenvalue weighted by Crippen LogP contribution is 2.40. The van der Waals surface area contributed by atoms with Crippen molar-refractivity contribution in [3.8, 4) is 11.1 Å². The third-order valence-corrected chi connectivity index (χ3v) is 5.03. The van der Waals surface area contributed by atoms with Crippen LogP contribution in [-0.2, 0) is 11.3 Å². The van der Waals surface area contributed by atoms with Crippen molar-refractivity contribution in [1.82, 2.24) is 10.3 Å². The number of hydrogen-bond acceptors (Lipinski definition) is 4. The van der Waals surface area contributed by atoms with E-state index in [9.17, 15) is 5.11 Å². The molecule has 0 amide bonds. The number of halogens is 1. The lowest BCUT2D eigenvalue weighted by atomic mass is 9.88. The van der Waals surface area contributed by atoms with Gasteiger partial charge in [0.1, 0.15) is 6.10 Å². The molecule has 3 rings (SSSR count). The van der Waals surface area contributed by atoms with Crippen LogP contribution in [0.1, 0.15) is 43.7 Å². The highest BCUT2D eigenvalue weighted by molar-refractivity contribution is 6.30. The SMILES string of the molecule is CNCc1ccc2c(-c3ccc(Cl)cc3)c(C(CO)OC(C)(C)C)c(C)cc2n1. The Morgan fingerprint density at radius 1 is 1.14 bits per heavy atom. The molecule has 1 heterocycles. The van der Waals surface area contributed by atoms with Gasteiger partial charge in [0.2, 0.25) is 0 Å². The molecule has 29 heavy (non-hydrogen) atoms. The van der Waals surface area contributed by atoms with Crippen molar-refractivity contribution >= 4 is 22.5 Å². The molecular formula is C24H29ClN2O2. The Morgan fingerprint density at radius 3 is 2.41 bits per heavy atom. The summed E-state index contributed by atoms with van der Waals surface area (Å²) in [7, 11) is 1.91. The number of nitrogens with zero attached hydrogens (tertiary/aromatic N) is 1. The molecule has 0 spiro atoms. The molecule has 1 aromatic heterocycles. The first-order chi connectivity index (χ1) is 13.7. The van der Waals surface area contributed by atoms with Crippen LogP contribution < -0.4 is 5.32 Å². The second kappa shape index (κ2) is 8.80. The molecule has 0 saturated heterocycles. The summed E-state index contributed by atoms with van der Waals surface area (Å²) in [6, 6.07) is 14.0. The van der Waals surface area contributed by atoms with Crippen LogP contribution >= 0.6 is 11.6 Å². The number of aliphatic hydroxyl groups excluding tert-OH is 1. The topological polar surface area (TPSA) is 54.4 Å². The number of hydrogen-bond donors (Lipinski definition) is 2. The molecule has 0 saturated carbocycles. The highest BCUT2D eigenvalue weighted by atomic mass is 35.5. The van der Waals surface area contributed by atoms with Crippen molar-refractivity contribution in [3.05, 3.63) is 64.3 Å². The Labute approximate surface area is 177 Å². The second-order valence-corrected chi connectivity index (χ2v) is 8.73. The van der Waals surface area contributed by atoms with E-state index < -0.39 is 6.10 Å². The van der Waals surface area contributed by atoms with E-state index in [1.165, 1.54) is 0 Å². The molecule has 0 aliphatic carbocycles. The minimum atomic E-state index is -0.443. The van der Waals surface area contributed by atoms with Crippen LogP contribution in [0.25, 0.3) is 22.0 Å². The molecule has 2 aromatic carbocycles. The number of ether oxygens (including phenoxy) is 1. The fourth-order valence-electron chi connectivity index (χ4n) is 3.70. The fourth-order valence-corrected chi connectivity index (χ4v) is 3.83. The van der Waals surface area contributed by atoms with Gasteiger partial charge >= 0.3 is 0 Å². The van der Waals surface area contributed by atoms with E-state index in [0.29, 0.717) is 11.6 Å². The molecular weight excluding hydrogens is 384 g/mol. The van der Waals surface area contributed by atoms with Crippen LogP contribution in [0, 0.1) is 6.92 Å². The van der Waals surface area contributed by atoms with Crippen LogP contribution in [0.3, 0.4) is 0 Å². The minimum Gasteiger partial charge on any atom is -0.393 e. The molecule has 1 unspecified atom stereocenters. The Hall–Kier alpha value is -1.98. The van der Waals surface area contributed by atoms with E-state index in [1.807, 2.05) is 58.2 Å². The zero-order valence-electron chi connectivity index (χ0n) is 17.7. The monoisotopic (exact) mass is 412 g/mol. The van der Waals surface area contributed by atoms with Gasteiger partial charge in [0.25, 0.3) is 0 Å². The first-order valence-corrected chi connectivity index (χ1v) is 10.2. The van der Waals surface area contributed by atoms with E-state index in [2.05, 4.69) is 24.4 Å². The van der Waals surface area contributed by atoms with Gasteiger partial charge in [-0.3, -0.25) is 4.98 Å². The summed E-state index contributed by atoms with van der Waals surface area (Å²) >= 11 is 6.14. The van der Waals surface area contributed by atoms with E-state index in [1.54, 1.807) is 0 Å². The predicted molar refractivity (Wildman–Crippen MR) is 120 cm³/mol. The van der Waals surface area contributed by atoms with E-state index in [4.69, 9.17) is 21.3 Å². The Morgan fingerprint density at radius 2 is 1.83 bits per heavy atom. The van der Waals surface area contributed by atoms with Crippen LogP contribution in [0.2, 0.25) is 5.02 Å². The van der Waals surface area contributed by atoms with Gasteiger partial charge in [0, 0.05) is 17.0 Å². The largest absolute Gasteiger partial charge is 0.393 e. The number of pyridine rings is 1. The molecule has 0 fully saturated rings. The minimum absolute atomic E-state index is 0.102. The van der Waals surface area contributed by atoms with Crippen LogP contribution in [0.4, 0.5) is 0 Å². The lowest BCUT2D eigenvalue weighted by Gasteiger charge is -2.30. The van der Waals surface area contributed by atoms with Gasteiger partial charge in [-0.2, -0.15) is 0 Å². The summed E-state index contributed by atoms with van der Waals surface area (Å²) in [5.41, 5.74) is 5.61. The fraction of sp³-hybridized carbons (Fsp3) is 0.375. The third-order valence-electron chi connectivity index (χ3n) is 4.77. The van der Waals surface area contributed by atoms with Crippen molar-refractivity contribution in [2.45, 2.75) is 45.9 Å². The second-order valence-electron chi connectivity index (χ2n) is 8.29. The highest BCUT2D eigenvalue weighted by Gasteiger charge is 2.26. The summed E-state index contributed by atoms with van der Waals surface area (Å²) in [4.78, 5) is 4.84. The molecule has 2 N–H and O–H groups in total. The summed E-state index contributed by atoms with van der Waals surface area (Å²) < 4.78 is 6.24. The first kappa shape index (κ1) is 21.7. The molecule has 154 valence electrons. The van der Waals surface area contributed by atoms with E-state index >= 15 is 0 Å². The molecule has 0 radical (unpaired) electrons. The lowest BCUT2D eigenvalue weighted by molar-refractivity contribution is -0.0821. The van der Waals surface area contributed by atoms with E-state index in [-0.39, 0.29) is 12.2 Å². The number of rotatable bonds is 6. The van der Waals surface area contributed by atoms with Crippen molar-refractivity contribution in [3.63, 3.8) is 0 Å². The van der Waals surface area contributed by atoms with Crippen molar-refractivity contribution in [2.24, 2.45) is 0 Å². The number of aliphatic hydroxyl groups is 1. The normalized spacial score (nSPS) is 13.1. The zero-order valence-corrected chi connectivity index (χ0v) is 18.5. The molecule has 3 aromatic rings. The van der Waals surface area contributed by atoms with Gasteiger partial charge in [0.15, 0.2) is 0 Å². The lowest BCUT2D eigenvalue weighted by Crippen LogP contribution is -2.25. The van der Waals surface area contributed by atoms with Crippen molar-refractivity contribution in [2.75, 3.05) is 13.7 Å². The van der Waals surface area contributed by atoms with Crippen molar-refractivity contribution < 1.29 is 9.84 Å². The van der Waals surface area contributed by atoms with Gasteiger partial charge in [-0.05, 0) is 81.3 Å². The Kier molecular flexibility index (Phi) is 6.59. The maximum absolute atomic E-state index is 10.2. The summed E-state index contributed by atoms with van der Waals surface area (Å²) in [6.07, 6.45) is -0.443. The van der Waals surface area contributed by atoms with Gasteiger partial charge in [-0.15, -0.1) is 0 Å². The average molecular weight is 413 g/mol. The quantitative estimate of drug-likeness (QED) is 0.566. The van der Waals surface area contributed by atoms with E-state index in [0.717, 1.165) is 38.9 Å². The molecule has 5 heteroatoms. The maximum Gasteiger partial charge on any atom is 0.107 e. The van der Waals surface area contributed by atoms with Crippen molar-refractivity contribution in [1.29, 1.82) is 0 Å². The number of benzene rings is 2. The maximum atomic E-state index is 10.2. The number of nitrogens with one attached hydrogen (secondary N) is 1. The van der Waals surface area contributed by atoms with Crippen LogP contribution in [-0.4, -0.2) is 29.3 Å². The van der Waals surface area contributed by atoms with Gasteiger partial charge in [0.05, 0.1) is 23.4 Å². The smallest absolute Gasteiger partial charge is 0.107 e. The molecule has 0 bridgehead atoms. The predicted octanol–water partition coefficient (Wildman–Crippen LogP) is 5.43. The number of fused-ring (bicyclic) bond motifs is 1. The third kappa shape index (κ3) is 4.96. The van der Waals surface area contributed by atoms with Gasteiger partial charge in [-0.25, -0.2) is 0 Å². The summed E-state index contributed by atoms with van der Waals surface area (Å²) in [6.45, 7) is 8.66. The summed E-state index contributed by atoms with van der Waals surface area (Å²) in [5.74, 6) is 0. The number of aromatic nitrogens is 1. The van der Waals surface area contributed by atoms with Crippen LogP contribution in [0.5, 0.6) is 0 Å².